The lowest BCUT2D eigenvalue weighted by Gasteiger charge is -2.31. The number of ether oxygens (including phenoxy) is 3. The summed E-state index contributed by atoms with van der Waals surface area (Å²) in [5.41, 5.74) is 0. The van der Waals surface area contributed by atoms with Gasteiger partial charge in [-0.05, 0) is 18.2 Å². The van der Waals surface area contributed by atoms with Crippen molar-refractivity contribution in [1.82, 2.24) is 14.9 Å². The molecular formula is C18H19Cl2N3O4. The Morgan fingerprint density at radius 3 is 2.74 bits per heavy atom. The maximum absolute atomic E-state index is 12.4. The summed E-state index contributed by atoms with van der Waals surface area (Å²) in [5, 5.41) is 0.893. The topological polar surface area (TPSA) is 73.8 Å². The average molecular weight is 412 g/mol. The number of benzene rings is 1. The molecular weight excluding hydrogens is 393 g/mol. The van der Waals surface area contributed by atoms with Gasteiger partial charge in [0, 0.05) is 43.2 Å². The Balaban J connectivity index is 1.46. The van der Waals surface area contributed by atoms with Crippen LogP contribution in [0.2, 0.25) is 10.0 Å². The molecule has 7 nitrogen and oxygen atoms in total. The summed E-state index contributed by atoms with van der Waals surface area (Å²) in [6.45, 7) is 1.10. The van der Waals surface area contributed by atoms with E-state index >= 15 is 0 Å². The van der Waals surface area contributed by atoms with E-state index in [4.69, 9.17) is 37.4 Å². The number of piperidine rings is 1. The highest BCUT2D eigenvalue weighted by Gasteiger charge is 2.24. The maximum atomic E-state index is 12.4. The van der Waals surface area contributed by atoms with Gasteiger partial charge in [-0.25, -0.2) is 4.98 Å². The van der Waals surface area contributed by atoms with E-state index in [1.807, 2.05) is 0 Å². The van der Waals surface area contributed by atoms with Crippen LogP contribution in [0.15, 0.2) is 30.5 Å². The SMILES string of the molecule is COc1nccc(OC2CCN(C(=O)COc3ccc(Cl)cc3Cl)CC2)n1. The van der Waals surface area contributed by atoms with Gasteiger partial charge in [-0.3, -0.25) is 4.79 Å². The van der Waals surface area contributed by atoms with Gasteiger partial charge in [0.25, 0.3) is 5.91 Å². The third-order valence-corrected chi connectivity index (χ3v) is 4.65. The van der Waals surface area contributed by atoms with Crippen LogP contribution in [0.4, 0.5) is 0 Å². The van der Waals surface area contributed by atoms with Crippen LogP contribution in [0, 0.1) is 0 Å². The number of carbonyl (C=O) groups is 1. The number of likely N-dealkylation sites (tertiary alicyclic amines) is 1. The van der Waals surface area contributed by atoms with Crippen LogP contribution in [0.5, 0.6) is 17.6 Å². The van der Waals surface area contributed by atoms with Crippen molar-refractivity contribution in [3.8, 4) is 17.6 Å². The molecule has 0 saturated carbocycles. The summed E-state index contributed by atoms with van der Waals surface area (Å²) in [6, 6.07) is 6.84. The number of aromatic nitrogens is 2. The molecule has 1 amide bonds. The minimum absolute atomic E-state index is 0.0136. The van der Waals surface area contributed by atoms with E-state index in [9.17, 15) is 4.79 Å². The second-order valence-electron chi connectivity index (χ2n) is 5.94. The Labute approximate surface area is 167 Å². The van der Waals surface area contributed by atoms with Crippen LogP contribution >= 0.6 is 23.2 Å². The van der Waals surface area contributed by atoms with Gasteiger partial charge in [-0.1, -0.05) is 23.2 Å². The molecule has 1 aliphatic heterocycles. The van der Waals surface area contributed by atoms with Crippen molar-refractivity contribution in [2.45, 2.75) is 18.9 Å². The second-order valence-corrected chi connectivity index (χ2v) is 6.79. The van der Waals surface area contributed by atoms with Crippen LogP contribution in [0.25, 0.3) is 0 Å². The quantitative estimate of drug-likeness (QED) is 0.726. The van der Waals surface area contributed by atoms with Crippen molar-refractivity contribution in [2.24, 2.45) is 0 Å². The summed E-state index contributed by atoms with van der Waals surface area (Å²) in [5.74, 6) is 0.806. The first-order valence-electron chi connectivity index (χ1n) is 8.44. The molecule has 1 aromatic carbocycles. The number of halogens is 2. The zero-order chi connectivity index (χ0) is 19.2. The van der Waals surface area contributed by atoms with Crippen LogP contribution in [0.3, 0.4) is 0 Å². The molecule has 0 N–H and O–H groups in total. The van der Waals surface area contributed by atoms with Crippen molar-refractivity contribution in [3.05, 3.63) is 40.5 Å². The summed E-state index contributed by atoms with van der Waals surface area (Å²) in [6.07, 6.45) is 2.98. The van der Waals surface area contributed by atoms with E-state index in [-0.39, 0.29) is 24.6 Å². The summed E-state index contributed by atoms with van der Waals surface area (Å²) in [4.78, 5) is 22.2. The number of rotatable bonds is 6. The number of amides is 1. The van der Waals surface area contributed by atoms with Gasteiger partial charge in [-0.15, -0.1) is 0 Å². The van der Waals surface area contributed by atoms with Crippen molar-refractivity contribution in [1.29, 1.82) is 0 Å². The van der Waals surface area contributed by atoms with E-state index in [2.05, 4.69) is 9.97 Å². The predicted octanol–water partition coefficient (Wildman–Crippen LogP) is 3.24. The molecule has 2 aromatic rings. The van der Waals surface area contributed by atoms with Gasteiger partial charge in [0.15, 0.2) is 6.61 Å². The third-order valence-electron chi connectivity index (χ3n) is 4.12. The molecule has 0 bridgehead atoms. The van der Waals surface area contributed by atoms with E-state index < -0.39 is 0 Å². The minimum atomic E-state index is -0.0943. The fourth-order valence-corrected chi connectivity index (χ4v) is 3.17. The molecule has 144 valence electrons. The highest BCUT2D eigenvalue weighted by atomic mass is 35.5. The van der Waals surface area contributed by atoms with Gasteiger partial charge in [0.1, 0.15) is 11.9 Å². The van der Waals surface area contributed by atoms with Gasteiger partial charge in [0.05, 0.1) is 12.1 Å². The lowest BCUT2D eigenvalue weighted by atomic mass is 10.1. The summed E-state index contributed by atoms with van der Waals surface area (Å²) >= 11 is 11.9. The molecule has 3 rings (SSSR count). The van der Waals surface area contributed by atoms with Gasteiger partial charge >= 0.3 is 6.01 Å². The van der Waals surface area contributed by atoms with Crippen LogP contribution in [-0.4, -0.2) is 53.7 Å². The summed E-state index contributed by atoms with van der Waals surface area (Å²) < 4.78 is 16.3. The molecule has 0 spiro atoms. The highest BCUT2D eigenvalue weighted by Crippen LogP contribution is 2.27. The molecule has 1 saturated heterocycles. The van der Waals surface area contributed by atoms with E-state index in [0.29, 0.717) is 47.6 Å². The normalized spacial score (nSPS) is 14.7. The molecule has 0 radical (unpaired) electrons. The lowest BCUT2D eigenvalue weighted by molar-refractivity contribution is -0.135. The van der Waals surface area contributed by atoms with Gasteiger partial charge in [-0.2, -0.15) is 4.98 Å². The van der Waals surface area contributed by atoms with Crippen molar-refractivity contribution >= 4 is 29.1 Å². The predicted molar refractivity (Wildman–Crippen MR) is 101 cm³/mol. The number of hydrogen-bond acceptors (Lipinski definition) is 6. The smallest absolute Gasteiger partial charge is 0.319 e. The largest absolute Gasteiger partial charge is 0.482 e. The Hall–Kier alpha value is -2.25. The zero-order valence-corrected chi connectivity index (χ0v) is 16.2. The summed E-state index contributed by atoms with van der Waals surface area (Å²) in [7, 11) is 1.50. The molecule has 0 aliphatic carbocycles. The monoisotopic (exact) mass is 411 g/mol. The fourth-order valence-electron chi connectivity index (χ4n) is 2.71. The molecule has 0 atom stereocenters. The Kier molecular flexibility index (Phi) is 6.58. The number of hydrogen-bond donors (Lipinski definition) is 0. The van der Waals surface area contributed by atoms with Gasteiger partial charge < -0.3 is 19.1 Å². The van der Waals surface area contributed by atoms with Crippen molar-refractivity contribution in [3.63, 3.8) is 0 Å². The Bertz CT molecular complexity index is 798. The van der Waals surface area contributed by atoms with E-state index in [1.54, 1.807) is 35.4 Å². The van der Waals surface area contributed by atoms with Crippen LogP contribution in [0.1, 0.15) is 12.8 Å². The van der Waals surface area contributed by atoms with E-state index in [1.165, 1.54) is 7.11 Å². The standard InChI is InChI=1S/C18H19Cl2N3O4/c1-25-18-21-7-4-16(22-18)27-13-5-8-23(9-6-13)17(24)11-26-15-3-2-12(19)10-14(15)20/h2-4,7,10,13H,5-6,8-9,11H2,1H3. The number of nitrogens with zero attached hydrogens (tertiary/aromatic N) is 3. The molecule has 27 heavy (non-hydrogen) atoms. The molecule has 1 aromatic heterocycles. The molecule has 0 unspecified atom stereocenters. The van der Waals surface area contributed by atoms with Crippen LogP contribution in [-0.2, 0) is 4.79 Å². The Morgan fingerprint density at radius 2 is 2.04 bits per heavy atom. The first-order chi connectivity index (χ1) is 13.0. The molecule has 1 aliphatic rings. The van der Waals surface area contributed by atoms with Crippen molar-refractivity contribution < 1.29 is 19.0 Å². The van der Waals surface area contributed by atoms with Gasteiger partial charge in [0.2, 0.25) is 5.88 Å². The molecule has 9 heteroatoms. The molecule has 2 heterocycles. The van der Waals surface area contributed by atoms with E-state index in [0.717, 1.165) is 0 Å². The minimum Gasteiger partial charge on any atom is -0.482 e. The highest BCUT2D eigenvalue weighted by molar-refractivity contribution is 6.35. The fraction of sp³-hybridized carbons (Fsp3) is 0.389. The zero-order valence-electron chi connectivity index (χ0n) is 14.7. The van der Waals surface area contributed by atoms with Crippen molar-refractivity contribution in [2.75, 3.05) is 26.8 Å². The molecule has 1 fully saturated rings. The number of methoxy groups -OCH3 is 1. The average Bonchev–Trinajstić information content (AvgIpc) is 2.68. The maximum Gasteiger partial charge on any atom is 0.319 e. The second kappa shape index (κ2) is 9.10. The van der Waals surface area contributed by atoms with Crippen LogP contribution < -0.4 is 14.2 Å². The lowest BCUT2D eigenvalue weighted by Crippen LogP contribution is -2.43. The third kappa shape index (κ3) is 5.37. The first-order valence-corrected chi connectivity index (χ1v) is 9.20. The first kappa shape index (κ1) is 19.5. The number of carbonyl (C=O) groups excluding carboxylic acids is 1. The Morgan fingerprint density at radius 1 is 1.26 bits per heavy atom.